The van der Waals surface area contributed by atoms with Crippen LogP contribution in [-0.2, 0) is 7.05 Å². The summed E-state index contributed by atoms with van der Waals surface area (Å²) in [7, 11) is 3.34. The van der Waals surface area contributed by atoms with Gasteiger partial charge in [0.25, 0.3) is 0 Å². The summed E-state index contributed by atoms with van der Waals surface area (Å²) in [6.07, 6.45) is 0. The lowest BCUT2D eigenvalue weighted by molar-refractivity contribution is 0.369. The first-order valence-corrected chi connectivity index (χ1v) is 6.43. The highest BCUT2D eigenvalue weighted by Crippen LogP contribution is 2.30. The van der Waals surface area contributed by atoms with Crippen LogP contribution in [-0.4, -0.2) is 16.9 Å². The van der Waals surface area contributed by atoms with E-state index in [2.05, 4.69) is 16.5 Å². The average Bonchev–Trinajstić information content (AvgIpc) is 2.70. The summed E-state index contributed by atoms with van der Waals surface area (Å²) in [6.45, 7) is 1.85. The number of nitriles is 1. The molecule has 1 unspecified atom stereocenters. The number of nitrogens with zero attached hydrogens (tertiary/aromatic N) is 3. The van der Waals surface area contributed by atoms with Gasteiger partial charge in [0.2, 0.25) is 5.88 Å². The Bertz CT molecular complexity index is 660. The van der Waals surface area contributed by atoms with Crippen LogP contribution in [0.2, 0.25) is 5.02 Å². The monoisotopic (exact) mass is 290 g/mol. The Morgan fingerprint density at radius 2 is 2.25 bits per heavy atom. The second-order valence-electron chi connectivity index (χ2n) is 4.35. The van der Waals surface area contributed by atoms with Crippen molar-refractivity contribution in [3.63, 3.8) is 0 Å². The number of hydrogen-bond acceptors (Lipinski definition) is 4. The Morgan fingerprint density at radius 1 is 1.50 bits per heavy atom. The van der Waals surface area contributed by atoms with Crippen molar-refractivity contribution in [2.24, 2.45) is 7.05 Å². The number of nitrogens with one attached hydrogen (secondary N) is 1. The van der Waals surface area contributed by atoms with E-state index in [-0.39, 0.29) is 0 Å². The van der Waals surface area contributed by atoms with Gasteiger partial charge in [0.15, 0.2) is 0 Å². The third kappa shape index (κ3) is 2.70. The predicted octanol–water partition coefficient (Wildman–Crippen LogP) is 3.07. The second kappa shape index (κ2) is 5.85. The van der Waals surface area contributed by atoms with E-state index in [1.54, 1.807) is 31.0 Å². The van der Waals surface area contributed by atoms with Gasteiger partial charge in [-0.1, -0.05) is 17.7 Å². The molecule has 2 rings (SSSR count). The first-order valence-electron chi connectivity index (χ1n) is 6.06. The number of aromatic nitrogens is 2. The van der Waals surface area contributed by atoms with Gasteiger partial charge in [0, 0.05) is 17.8 Å². The Kier molecular flexibility index (Phi) is 4.16. The number of anilines is 1. The van der Waals surface area contributed by atoms with E-state index >= 15 is 0 Å². The summed E-state index contributed by atoms with van der Waals surface area (Å²) in [5.41, 5.74) is 2.26. The molecule has 0 saturated carbocycles. The first kappa shape index (κ1) is 14.2. The van der Waals surface area contributed by atoms with Crippen molar-refractivity contribution in [3.8, 4) is 11.9 Å². The molecule has 1 atom stereocenters. The molecule has 0 saturated heterocycles. The molecule has 5 nitrogen and oxygen atoms in total. The lowest BCUT2D eigenvalue weighted by Gasteiger charge is -2.14. The molecule has 0 amide bonds. The van der Waals surface area contributed by atoms with Crippen molar-refractivity contribution in [2.75, 3.05) is 12.4 Å². The minimum absolute atomic E-state index is 0.558. The minimum atomic E-state index is -0.558. The van der Waals surface area contributed by atoms with Gasteiger partial charge in [-0.05, 0) is 25.1 Å². The lowest BCUT2D eigenvalue weighted by atomic mass is 10.1. The van der Waals surface area contributed by atoms with E-state index in [9.17, 15) is 5.26 Å². The molecule has 1 aromatic heterocycles. The van der Waals surface area contributed by atoms with E-state index in [0.29, 0.717) is 10.9 Å². The fraction of sp³-hybridized carbons (Fsp3) is 0.286. The smallest absolute Gasteiger partial charge is 0.218 e. The molecule has 104 valence electrons. The van der Waals surface area contributed by atoms with Gasteiger partial charge in [-0.3, -0.25) is 0 Å². The predicted molar refractivity (Wildman–Crippen MR) is 77.9 cm³/mol. The maximum atomic E-state index is 9.43. The van der Waals surface area contributed by atoms with Gasteiger partial charge in [0.05, 0.1) is 24.4 Å². The van der Waals surface area contributed by atoms with Gasteiger partial charge >= 0.3 is 0 Å². The van der Waals surface area contributed by atoms with Crippen LogP contribution in [0.5, 0.6) is 5.88 Å². The molecular formula is C14H15ClN4O. The molecule has 0 fully saturated rings. The second-order valence-corrected chi connectivity index (χ2v) is 4.79. The van der Waals surface area contributed by atoms with Crippen LogP contribution < -0.4 is 10.1 Å². The summed E-state index contributed by atoms with van der Waals surface area (Å²) in [4.78, 5) is 0. The van der Waals surface area contributed by atoms with Crippen molar-refractivity contribution < 1.29 is 4.74 Å². The SMILES string of the molecule is COc1c(C(C#N)Nc2cccc(Cl)c2)c(C)nn1C. The van der Waals surface area contributed by atoms with Gasteiger partial charge in [-0.25, -0.2) is 4.68 Å². The topological polar surface area (TPSA) is 62.9 Å². The average molecular weight is 291 g/mol. The molecule has 0 spiro atoms. The standard InChI is InChI=1S/C14H15ClN4O/c1-9-13(14(20-3)19(2)18-9)12(8-16)17-11-6-4-5-10(15)7-11/h4-7,12,17H,1-3H3. The van der Waals surface area contributed by atoms with Gasteiger partial charge in [-0.2, -0.15) is 10.4 Å². The minimum Gasteiger partial charge on any atom is -0.481 e. The van der Waals surface area contributed by atoms with Gasteiger partial charge < -0.3 is 10.1 Å². The van der Waals surface area contributed by atoms with Gasteiger partial charge in [-0.15, -0.1) is 0 Å². The van der Waals surface area contributed by atoms with Crippen LogP contribution in [0, 0.1) is 18.3 Å². The zero-order valence-electron chi connectivity index (χ0n) is 11.5. The maximum absolute atomic E-state index is 9.43. The van der Waals surface area contributed by atoms with Crippen molar-refractivity contribution in [3.05, 3.63) is 40.5 Å². The molecule has 0 aliphatic heterocycles. The molecule has 2 aromatic rings. The first-order chi connectivity index (χ1) is 9.56. The van der Waals surface area contributed by atoms with Crippen LogP contribution in [0.4, 0.5) is 5.69 Å². The Hall–Kier alpha value is -2.19. The molecule has 0 aliphatic rings. The summed E-state index contributed by atoms with van der Waals surface area (Å²) in [5.74, 6) is 0.573. The Morgan fingerprint density at radius 3 is 2.85 bits per heavy atom. The fourth-order valence-corrected chi connectivity index (χ4v) is 2.33. The summed E-state index contributed by atoms with van der Waals surface area (Å²) < 4.78 is 6.94. The summed E-state index contributed by atoms with van der Waals surface area (Å²) in [5, 5.41) is 17.5. The highest BCUT2D eigenvalue weighted by atomic mass is 35.5. The molecule has 6 heteroatoms. The van der Waals surface area contributed by atoms with Crippen LogP contribution >= 0.6 is 11.6 Å². The molecule has 0 bridgehead atoms. The van der Waals surface area contributed by atoms with Crippen LogP contribution in [0.3, 0.4) is 0 Å². The number of hydrogen-bond donors (Lipinski definition) is 1. The van der Waals surface area contributed by atoms with Gasteiger partial charge in [0.1, 0.15) is 6.04 Å². The molecule has 20 heavy (non-hydrogen) atoms. The van der Waals surface area contributed by atoms with E-state index < -0.39 is 6.04 Å². The lowest BCUT2D eigenvalue weighted by Crippen LogP contribution is -2.10. The summed E-state index contributed by atoms with van der Waals surface area (Å²) in [6, 6.07) is 8.90. The molecular weight excluding hydrogens is 276 g/mol. The molecule has 0 radical (unpaired) electrons. The number of halogens is 1. The number of methoxy groups -OCH3 is 1. The highest BCUT2D eigenvalue weighted by Gasteiger charge is 2.23. The third-order valence-electron chi connectivity index (χ3n) is 2.96. The molecule has 1 heterocycles. The zero-order chi connectivity index (χ0) is 14.7. The van der Waals surface area contributed by atoms with Crippen molar-refractivity contribution in [2.45, 2.75) is 13.0 Å². The van der Waals surface area contributed by atoms with Crippen molar-refractivity contribution in [1.82, 2.24) is 9.78 Å². The van der Waals surface area contributed by atoms with Crippen molar-refractivity contribution >= 4 is 17.3 Å². The quantitative estimate of drug-likeness (QED) is 0.940. The molecule has 1 N–H and O–H groups in total. The number of ether oxygens (including phenoxy) is 1. The Balaban J connectivity index is 2.37. The number of rotatable bonds is 4. The number of benzene rings is 1. The zero-order valence-corrected chi connectivity index (χ0v) is 12.3. The van der Waals surface area contributed by atoms with E-state index in [4.69, 9.17) is 16.3 Å². The van der Waals surface area contributed by atoms with E-state index in [0.717, 1.165) is 16.9 Å². The van der Waals surface area contributed by atoms with E-state index in [1.165, 1.54) is 0 Å². The molecule has 0 aliphatic carbocycles. The van der Waals surface area contributed by atoms with Crippen LogP contribution in [0.15, 0.2) is 24.3 Å². The summed E-state index contributed by atoms with van der Waals surface area (Å²) >= 11 is 5.95. The number of aryl methyl sites for hydroxylation is 2. The molecule has 1 aromatic carbocycles. The fourth-order valence-electron chi connectivity index (χ4n) is 2.14. The van der Waals surface area contributed by atoms with Crippen LogP contribution in [0.25, 0.3) is 0 Å². The van der Waals surface area contributed by atoms with E-state index in [1.807, 2.05) is 19.1 Å². The largest absolute Gasteiger partial charge is 0.481 e. The normalized spacial score (nSPS) is 11.8. The highest BCUT2D eigenvalue weighted by molar-refractivity contribution is 6.30. The van der Waals surface area contributed by atoms with Crippen molar-refractivity contribution in [1.29, 1.82) is 5.26 Å². The third-order valence-corrected chi connectivity index (χ3v) is 3.20. The maximum Gasteiger partial charge on any atom is 0.218 e. The van der Waals surface area contributed by atoms with Crippen LogP contribution in [0.1, 0.15) is 17.3 Å². The Labute approximate surface area is 122 Å².